The van der Waals surface area contributed by atoms with Crippen LogP contribution in [0.1, 0.15) is 26.7 Å². The Bertz CT molecular complexity index is 652. The molecule has 3 rings (SSSR count). The van der Waals surface area contributed by atoms with Crippen LogP contribution < -0.4 is 15.5 Å². The minimum absolute atomic E-state index is 0.103. The zero-order chi connectivity index (χ0) is 19.8. The lowest BCUT2D eigenvalue weighted by molar-refractivity contribution is -0.129. The number of nitrogens with zero attached hydrogens (tertiary/aromatic N) is 3. The smallest absolute Gasteiger partial charge is 0.244 e. The second-order valence-electron chi connectivity index (χ2n) is 7.65. The molecule has 2 saturated heterocycles. The van der Waals surface area contributed by atoms with Gasteiger partial charge in [0, 0.05) is 49.7 Å². The Morgan fingerprint density at radius 3 is 2.57 bits per heavy atom. The van der Waals surface area contributed by atoms with Crippen LogP contribution in [0, 0.1) is 0 Å². The third-order valence-corrected chi connectivity index (χ3v) is 6.94. The molecular weight excluding hydrogens is 370 g/mol. The van der Waals surface area contributed by atoms with E-state index in [1.165, 1.54) is 24.3 Å². The number of carbonyl (C=O) groups is 1. The van der Waals surface area contributed by atoms with Gasteiger partial charge in [0.05, 0.1) is 0 Å². The SMILES string of the molecule is CCNC(=NCC(=O)N1CCN(c2ccccc2)CC1)NCC1(C)CCCS1. The number of amides is 1. The third-order valence-electron chi connectivity index (χ3n) is 5.40. The summed E-state index contributed by atoms with van der Waals surface area (Å²) in [5.74, 6) is 2.08. The van der Waals surface area contributed by atoms with Crippen molar-refractivity contribution in [2.75, 3.05) is 56.5 Å². The molecule has 0 radical (unpaired) electrons. The molecule has 2 aliphatic rings. The predicted octanol–water partition coefficient (Wildman–Crippen LogP) is 2.18. The van der Waals surface area contributed by atoms with Gasteiger partial charge in [-0.1, -0.05) is 18.2 Å². The maximum Gasteiger partial charge on any atom is 0.244 e. The summed E-state index contributed by atoms with van der Waals surface area (Å²) in [6.45, 7) is 9.47. The number of nitrogens with one attached hydrogen (secondary N) is 2. The van der Waals surface area contributed by atoms with E-state index < -0.39 is 0 Å². The van der Waals surface area contributed by atoms with Crippen LogP contribution in [0.2, 0.25) is 0 Å². The summed E-state index contributed by atoms with van der Waals surface area (Å²) in [5, 5.41) is 6.69. The van der Waals surface area contributed by atoms with Gasteiger partial charge in [-0.2, -0.15) is 11.8 Å². The van der Waals surface area contributed by atoms with E-state index in [0.29, 0.717) is 0 Å². The molecule has 1 aromatic carbocycles. The van der Waals surface area contributed by atoms with Crippen LogP contribution in [0.4, 0.5) is 5.69 Å². The summed E-state index contributed by atoms with van der Waals surface area (Å²) < 4.78 is 0.272. The maximum absolute atomic E-state index is 12.6. The fourth-order valence-electron chi connectivity index (χ4n) is 3.69. The number of piperazine rings is 1. The van der Waals surface area contributed by atoms with Crippen LogP contribution in [-0.2, 0) is 4.79 Å². The van der Waals surface area contributed by atoms with Gasteiger partial charge in [0.2, 0.25) is 5.91 Å². The first-order valence-corrected chi connectivity index (χ1v) is 11.3. The molecule has 2 aliphatic heterocycles. The number of carbonyl (C=O) groups excluding carboxylic acids is 1. The van der Waals surface area contributed by atoms with Gasteiger partial charge in [-0.25, -0.2) is 4.99 Å². The first kappa shape index (κ1) is 20.8. The van der Waals surface area contributed by atoms with E-state index in [1.54, 1.807) is 0 Å². The number of anilines is 1. The number of benzene rings is 1. The van der Waals surface area contributed by atoms with Gasteiger partial charge in [-0.05, 0) is 44.6 Å². The number of hydrogen-bond acceptors (Lipinski definition) is 4. The highest BCUT2D eigenvalue weighted by atomic mass is 32.2. The number of guanidine groups is 1. The second-order valence-corrected chi connectivity index (χ2v) is 9.34. The Balaban J connectivity index is 1.47. The van der Waals surface area contributed by atoms with Crippen molar-refractivity contribution in [3.8, 4) is 0 Å². The third kappa shape index (κ3) is 5.80. The summed E-state index contributed by atoms with van der Waals surface area (Å²) in [5.41, 5.74) is 1.23. The summed E-state index contributed by atoms with van der Waals surface area (Å²) in [6, 6.07) is 10.4. The molecule has 1 aromatic rings. The Morgan fingerprint density at radius 2 is 1.93 bits per heavy atom. The van der Waals surface area contributed by atoms with Crippen LogP contribution in [0.3, 0.4) is 0 Å². The molecule has 0 aromatic heterocycles. The Morgan fingerprint density at radius 1 is 1.18 bits per heavy atom. The molecule has 0 bridgehead atoms. The van der Waals surface area contributed by atoms with Crippen molar-refractivity contribution >= 4 is 29.3 Å². The lowest BCUT2D eigenvalue weighted by Crippen LogP contribution is -2.50. The van der Waals surface area contributed by atoms with Gasteiger partial charge in [-0.15, -0.1) is 0 Å². The monoisotopic (exact) mass is 403 g/mol. The van der Waals surface area contributed by atoms with E-state index in [1.807, 2.05) is 29.7 Å². The number of rotatable bonds is 6. The predicted molar refractivity (Wildman–Crippen MR) is 119 cm³/mol. The lowest BCUT2D eigenvalue weighted by Gasteiger charge is -2.36. The Kier molecular flexibility index (Phi) is 7.48. The fourth-order valence-corrected chi connectivity index (χ4v) is 4.93. The number of para-hydroxylation sites is 1. The highest BCUT2D eigenvalue weighted by molar-refractivity contribution is 8.00. The van der Waals surface area contributed by atoms with E-state index in [2.05, 4.69) is 51.7 Å². The topological polar surface area (TPSA) is 60.0 Å². The standard InChI is InChI=1S/C21H33N5OS/c1-3-22-20(24-17-21(2)10-7-15-28-21)23-16-19(27)26-13-11-25(12-14-26)18-8-5-4-6-9-18/h4-6,8-9H,3,7,10-17H2,1-2H3,(H2,22,23,24). The quantitative estimate of drug-likeness (QED) is 0.563. The Labute approximate surface area is 173 Å². The highest BCUT2D eigenvalue weighted by Gasteiger charge is 2.29. The molecular formula is C21H33N5OS. The van der Waals surface area contributed by atoms with E-state index in [-0.39, 0.29) is 17.2 Å². The van der Waals surface area contributed by atoms with Crippen molar-refractivity contribution in [2.24, 2.45) is 4.99 Å². The molecule has 2 N–H and O–H groups in total. The fraction of sp³-hybridized carbons (Fsp3) is 0.619. The molecule has 0 aliphatic carbocycles. The van der Waals surface area contributed by atoms with Crippen molar-refractivity contribution in [1.82, 2.24) is 15.5 Å². The molecule has 1 amide bonds. The van der Waals surface area contributed by atoms with Gasteiger partial charge in [0.25, 0.3) is 0 Å². The van der Waals surface area contributed by atoms with Gasteiger partial charge in [-0.3, -0.25) is 4.79 Å². The van der Waals surface area contributed by atoms with Crippen LogP contribution in [0.25, 0.3) is 0 Å². The van der Waals surface area contributed by atoms with Crippen LogP contribution in [0.15, 0.2) is 35.3 Å². The molecule has 154 valence electrons. The van der Waals surface area contributed by atoms with Crippen molar-refractivity contribution in [3.63, 3.8) is 0 Å². The van der Waals surface area contributed by atoms with E-state index in [4.69, 9.17) is 0 Å². The summed E-state index contributed by atoms with van der Waals surface area (Å²) in [6.07, 6.45) is 2.51. The average Bonchev–Trinajstić information content (AvgIpc) is 3.17. The highest BCUT2D eigenvalue weighted by Crippen LogP contribution is 2.36. The molecule has 6 nitrogen and oxygen atoms in total. The Hall–Kier alpha value is -1.89. The molecule has 1 unspecified atom stereocenters. The molecule has 0 saturated carbocycles. The minimum Gasteiger partial charge on any atom is -0.368 e. The van der Waals surface area contributed by atoms with Gasteiger partial charge >= 0.3 is 0 Å². The zero-order valence-corrected chi connectivity index (χ0v) is 17.9. The van der Waals surface area contributed by atoms with Crippen molar-refractivity contribution in [3.05, 3.63) is 30.3 Å². The number of aliphatic imine (C=N–C) groups is 1. The maximum atomic E-state index is 12.6. The van der Waals surface area contributed by atoms with Gasteiger partial charge in [0.15, 0.2) is 5.96 Å². The van der Waals surface area contributed by atoms with Crippen molar-refractivity contribution < 1.29 is 4.79 Å². The van der Waals surface area contributed by atoms with Crippen LogP contribution in [-0.4, -0.2) is 73.1 Å². The van der Waals surface area contributed by atoms with Crippen molar-refractivity contribution in [1.29, 1.82) is 0 Å². The van der Waals surface area contributed by atoms with Gasteiger partial charge in [0.1, 0.15) is 6.54 Å². The molecule has 2 fully saturated rings. The lowest BCUT2D eigenvalue weighted by atomic mass is 10.1. The molecule has 1 atom stereocenters. The van der Waals surface area contributed by atoms with Crippen molar-refractivity contribution in [2.45, 2.75) is 31.4 Å². The molecule has 2 heterocycles. The normalized spacial score (nSPS) is 23.0. The van der Waals surface area contributed by atoms with Crippen LogP contribution >= 0.6 is 11.8 Å². The molecule has 0 spiro atoms. The van der Waals surface area contributed by atoms with E-state index >= 15 is 0 Å². The van der Waals surface area contributed by atoms with E-state index in [0.717, 1.165) is 45.2 Å². The van der Waals surface area contributed by atoms with Gasteiger partial charge < -0.3 is 20.4 Å². The molecule has 7 heteroatoms. The number of hydrogen-bond donors (Lipinski definition) is 2. The van der Waals surface area contributed by atoms with E-state index in [9.17, 15) is 4.79 Å². The first-order chi connectivity index (χ1) is 13.6. The number of thioether (sulfide) groups is 1. The van der Waals surface area contributed by atoms with Crippen LogP contribution in [0.5, 0.6) is 0 Å². The summed E-state index contributed by atoms with van der Waals surface area (Å²) in [4.78, 5) is 21.4. The summed E-state index contributed by atoms with van der Waals surface area (Å²) in [7, 11) is 0. The second kappa shape index (κ2) is 10.0. The zero-order valence-electron chi connectivity index (χ0n) is 17.1. The summed E-state index contributed by atoms with van der Waals surface area (Å²) >= 11 is 2.03. The largest absolute Gasteiger partial charge is 0.368 e. The average molecular weight is 404 g/mol. The molecule has 28 heavy (non-hydrogen) atoms. The minimum atomic E-state index is 0.103. The first-order valence-electron chi connectivity index (χ1n) is 10.3.